The number of hydrogen-bond donors (Lipinski definition) is 0. The fraction of sp³-hybridized carbons (Fsp3) is 0.320. The minimum absolute atomic E-state index is 0.189. The average Bonchev–Trinajstić information content (AvgIpc) is 2.69. The summed E-state index contributed by atoms with van der Waals surface area (Å²) in [7, 11) is 0. The van der Waals surface area contributed by atoms with E-state index in [9.17, 15) is 4.39 Å². The maximum Gasteiger partial charge on any atom is 0.128 e. The molecular formula is C25H29FN2. The van der Waals surface area contributed by atoms with Gasteiger partial charge in [0.2, 0.25) is 0 Å². The summed E-state index contributed by atoms with van der Waals surface area (Å²) >= 11 is 0. The SMILES string of the molecule is C=Cc1cc(C)c(F)cc1N(/C(C)=C(\C)c1ccc(C#N)cc1C)C(C)CC. The van der Waals surface area contributed by atoms with Crippen molar-refractivity contribution in [2.24, 2.45) is 0 Å². The first-order valence-corrected chi connectivity index (χ1v) is 9.65. The van der Waals surface area contributed by atoms with E-state index in [1.165, 1.54) is 0 Å². The van der Waals surface area contributed by atoms with Crippen molar-refractivity contribution in [2.45, 2.75) is 54.0 Å². The number of aryl methyl sites for hydroxylation is 2. The van der Waals surface area contributed by atoms with Crippen molar-refractivity contribution in [1.29, 1.82) is 5.26 Å². The van der Waals surface area contributed by atoms with Gasteiger partial charge in [0, 0.05) is 11.7 Å². The molecule has 0 amide bonds. The van der Waals surface area contributed by atoms with Crippen LogP contribution in [-0.2, 0) is 0 Å². The lowest BCUT2D eigenvalue weighted by Gasteiger charge is -2.34. The molecule has 0 aliphatic carbocycles. The van der Waals surface area contributed by atoms with E-state index in [4.69, 9.17) is 5.26 Å². The van der Waals surface area contributed by atoms with Crippen LogP contribution in [0.1, 0.15) is 61.9 Å². The quantitative estimate of drug-likeness (QED) is 0.542. The van der Waals surface area contributed by atoms with Crippen LogP contribution >= 0.6 is 0 Å². The van der Waals surface area contributed by atoms with Crippen LogP contribution < -0.4 is 4.90 Å². The predicted octanol–water partition coefficient (Wildman–Crippen LogP) is 7.01. The number of hydrogen-bond acceptors (Lipinski definition) is 2. The second-order valence-corrected chi connectivity index (χ2v) is 7.34. The van der Waals surface area contributed by atoms with E-state index in [0.29, 0.717) is 11.1 Å². The number of halogens is 1. The third-order valence-electron chi connectivity index (χ3n) is 5.48. The van der Waals surface area contributed by atoms with Crippen molar-refractivity contribution in [3.05, 3.63) is 76.2 Å². The van der Waals surface area contributed by atoms with Crippen molar-refractivity contribution < 1.29 is 4.39 Å². The van der Waals surface area contributed by atoms with Gasteiger partial charge in [-0.15, -0.1) is 0 Å². The van der Waals surface area contributed by atoms with Crippen molar-refractivity contribution in [1.82, 2.24) is 0 Å². The largest absolute Gasteiger partial charge is 0.342 e. The molecular weight excluding hydrogens is 347 g/mol. The molecule has 2 nitrogen and oxygen atoms in total. The van der Waals surface area contributed by atoms with Crippen LogP contribution in [0.4, 0.5) is 10.1 Å². The maximum atomic E-state index is 14.5. The highest BCUT2D eigenvalue weighted by atomic mass is 19.1. The Morgan fingerprint density at radius 1 is 1.21 bits per heavy atom. The van der Waals surface area contributed by atoms with Gasteiger partial charge < -0.3 is 4.90 Å². The van der Waals surface area contributed by atoms with Gasteiger partial charge >= 0.3 is 0 Å². The molecule has 0 saturated heterocycles. The van der Waals surface area contributed by atoms with Gasteiger partial charge in [-0.25, -0.2) is 4.39 Å². The molecule has 0 radical (unpaired) electrons. The molecule has 0 heterocycles. The van der Waals surface area contributed by atoms with E-state index in [1.54, 1.807) is 19.1 Å². The first-order valence-electron chi connectivity index (χ1n) is 9.65. The Bertz CT molecular complexity index is 963. The molecule has 0 saturated carbocycles. The van der Waals surface area contributed by atoms with Gasteiger partial charge in [0.1, 0.15) is 5.82 Å². The fourth-order valence-corrected chi connectivity index (χ4v) is 3.53. The number of rotatable bonds is 6. The highest BCUT2D eigenvalue weighted by molar-refractivity contribution is 5.77. The highest BCUT2D eigenvalue weighted by Gasteiger charge is 2.21. The van der Waals surface area contributed by atoms with E-state index in [0.717, 1.165) is 40.1 Å². The third-order valence-corrected chi connectivity index (χ3v) is 5.48. The lowest BCUT2D eigenvalue weighted by molar-refractivity contribution is 0.613. The molecule has 0 N–H and O–H groups in total. The van der Waals surface area contributed by atoms with Crippen LogP contribution in [0.3, 0.4) is 0 Å². The summed E-state index contributed by atoms with van der Waals surface area (Å²) in [5, 5.41) is 9.13. The molecule has 2 rings (SSSR count). The number of benzene rings is 2. The van der Waals surface area contributed by atoms with Gasteiger partial charge in [-0.3, -0.25) is 0 Å². The molecule has 2 aromatic carbocycles. The summed E-state index contributed by atoms with van der Waals surface area (Å²) in [5.74, 6) is -0.214. The van der Waals surface area contributed by atoms with Crippen LogP contribution in [-0.4, -0.2) is 6.04 Å². The number of anilines is 1. The second-order valence-electron chi connectivity index (χ2n) is 7.34. The summed E-state index contributed by atoms with van der Waals surface area (Å²) in [6, 6.07) is 11.6. The van der Waals surface area contributed by atoms with Gasteiger partial charge in [-0.1, -0.05) is 25.6 Å². The van der Waals surface area contributed by atoms with E-state index < -0.39 is 0 Å². The predicted molar refractivity (Wildman–Crippen MR) is 118 cm³/mol. The van der Waals surface area contributed by atoms with Crippen LogP contribution in [0.25, 0.3) is 11.6 Å². The Balaban J connectivity index is 2.70. The summed E-state index contributed by atoms with van der Waals surface area (Å²) in [5.41, 5.74) is 7.34. The Hall–Kier alpha value is -2.86. The minimum Gasteiger partial charge on any atom is -0.342 e. The van der Waals surface area contributed by atoms with Gasteiger partial charge in [-0.05, 0) is 93.1 Å². The summed E-state index contributed by atoms with van der Waals surface area (Å²) < 4.78 is 14.5. The van der Waals surface area contributed by atoms with Crippen molar-refractivity contribution >= 4 is 17.3 Å². The summed E-state index contributed by atoms with van der Waals surface area (Å²) in [6.45, 7) is 16.1. The molecule has 1 atom stereocenters. The highest BCUT2D eigenvalue weighted by Crippen LogP contribution is 2.34. The zero-order valence-corrected chi connectivity index (χ0v) is 17.7. The minimum atomic E-state index is -0.214. The Kier molecular flexibility index (Phi) is 6.80. The topological polar surface area (TPSA) is 27.0 Å². The zero-order valence-electron chi connectivity index (χ0n) is 17.7. The van der Waals surface area contributed by atoms with Crippen LogP contribution in [0.15, 0.2) is 42.6 Å². The van der Waals surface area contributed by atoms with Crippen LogP contribution in [0.5, 0.6) is 0 Å². The molecule has 0 aromatic heterocycles. The molecule has 0 bridgehead atoms. The first kappa shape index (κ1) is 21.4. The third kappa shape index (κ3) is 4.17. The molecule has 0 aliphatic heterocycles. The van der Waals surface area contributed by atoms with E-state index in [2.05, 4.69) is 45.2 Å². The maximum absolute atomic E-state index is 14.5. The molecule has 1 unspecified atom stereocenters. The van der Waals surface area contributed by atoms with Gasteiger partial charge in [0.25, 0.3) is 0 Å². The van der Waals surface area contributed by atoms with Crippen LogP contribution in [0, 0.1) is 31.0 Å². The molecule has 2 aromatic rings. The monoisotopic (exact) mass is 376 g/mol. The standard InChI is InChI=1S/C25H29FN2/c1-8-18(5)28(25-14-24(26)17(4)13-22(25)9-2)20(7)19(6)23-11-10-21(15-27)12-16(23)3/h9-14,18H,2,8H2,1,3-7H3/b20-19+. The lowest BCUT2D eigenvalue weighted by Crippen LogP contribution is -2.32. The number of allylic oxidation sites excluding steroid dienone is 2. The van der Waals surface area contributed by atoms with Crippen molar-refractivity contribution in [3.63, 3.8) is 0 Å². The number of nitriles is 1. The van der Waals surface area contributed by atoms with E-state index in [-0.39, 0.29) is 11.9 Å². The van der Waals surface area contributed by atoms with Gasteiger partial charge in [-0.2, -0.15) is 5.26 Å². The Morgan fingerprint density at radius 2 is 1.89 bits per heavy atom. The molecule has 3 heteroatoms. The smallest absolute Gasteiger partial charge is 0.128 e. The fourth-order valence-electron chi connectivity index (χ4n) is 3.53. The lowest BCUT2D eigenvalue weighted by atomic mass is 9.96. The Labute approximate surface area is 168 Å². The van der Waals surface area contributed by atoms with Gasteiger partial charge in [0.05, 0.1) is 17.3 Å². The van der Waals surface area contributed by atoms with Crippen molar-refractivity contribution in [3.8, 4) is 6.07 Å². The average molecular weight is 377 g/mol. The van der Waals surface area contributed by atoms with Crippen LogP contribution in [0.2, 0.25) is 0 Å². The Morgan fingerprint density at radius 3 is 2.43 bits per heavy atom. The molecule has 146 valence electrons. The molecule has 0 aliphatic rings. The van der Waals surface area contributed by atoms with Crippen molar-refractivity contribution in [2.75, 3.05) is 4.90 Å². The van der Waals surface area contributed by atoms with Gasteiger partial charge in [0.15, 0.2) is 0 Å². The van der Waals surface area contributed by atoms with E-state index in [1.807, 2.05) is 31.2 Å². The molecule has 0 fully saturated rings. The first-order chi connectivity index (χ1) is 13.2. The summed E-state index contributed by atoms with van der Waals surface area (Å²) in [6.07, 6.45) is 2.70. The number of nitrogens with zero attached hydrogens (tertiary/aromatic N) is 2. The molecule has 0 spiro atoms. The summed E-state index contributed by atoms with van der Waals surface area (Å²) in [4.78, 5) is 2.20. The normalized spacial score (nSPS) is 12.8. The molecule has 28 heavy (non-hydrogen) atoms. The van der Waals surface area contributed by atoms with E-state index >= 15 is 0 Å². The zero-order chi connectivity index (χ0) is 21.0. The second kappa shape index (κ2) is 8.89.